The van der Waals surface area contributed by atoms with Crippen LogP contribution in [0.3, 0.4) is 0 Å². The molecule has 0 radical (unpaired) electrons. The summed E-state index contributed by atoms with van der Waals surface area (Å²) in [6, 6.07) is 7.94. The van der Waals surface area contributed by atoms with Crippen LogP contribution in [-0.4, -0.2) is 0 Å². The second-order valence-corrected chi connectivity index (χ2v) is 4.75. The Kier molecular flexibility index (Phi) is 4.58. The molecule has 3 nitrogen and oxygen atoms in total. The number of rotatable bonds is 5. The minimum atomic E-state index is -0.299. The molecule has 0 bridgehead atoms. The quantitative estimate of drug-likeness (QED) is 0.653. The van der Waals surface area contributed by atoms with Gasteiger partial charge in [0, 0.05) is 11.4 Å². The van der Waals surface area contributed by atoms with E-state index in [-0.39, 0.29) is 11.9 Å². The first-order valence-corrected chi connectivity index (χ1v) is 6.50. The van der Waals surface area contributed by atoms with Crippen LogP contribution < -0.4 is 11.3 Å². The zero-order valence-electron chi connectivity index (χ0n) is 10.6. The highest BCUT2D eigenvalue weighted by Gasteiger charge is 2.17. The molecule has 2 rings (SSSR count). The molecule has 1 atom stereocenters. The fraction of sp³-hybridized carbons (Fsp3) is 0.286. The highest BCUT2D eigenvalue weighted by atomic mass is 35.5. The van der Waals surface area contributed by atoms with Gasteiger partial charge in [-0.3, -0.25) is 5.84 Å². The first-order chi connectivity index (χ1) is 9.13. The maximum atomic E-state index is 13.7. The number of benzene rings is 1. The molecule has 1 aromatic carbocycles. The first kappa shape index (κ1) is 14.1. The lowest BCUT2D eigenvalue weighted by Gasteiger charge is -2.14. The Labute approximate surface area is 116 Å². The normalized spacial score (nSPS) is 12.6. The number of aryl methyl sites for hydroxylation is 1. The van der Waals surface area contributed by atoms with Crippen LogP contribution in [0.1, 0.15) is 30.0 Å². The molecule has 1 unspecified atom stereocenters. The molecule has 0 aliphatic rings. The lowest BCUT2D eigenvalue weighted by atomic mass is 10.0. The van der Waals surface area contributed by atoms with Crippen molar-refractivity contribution in [1.29, 1.82) is 0 Å². The van der Waals surface area contributed by atoms with Gasteiger partial charge in [0.25, 0.3) is 0 Å². The molecule has 19 heavy (non-hydrogen) atoms. The van der Waals surface area contributed by atoms with E-state index in [0.29, 0.717) is 22.8 Å². The largest absolute Gasteiger partial charge is 0.464 e. The van der Waals surface area contributed by atoms with E-state index in [4.69, 9.17) is 21.9 Å². The first-order valence-electron chi connectivity index (χ1n) is 6.12. The van der Waals surface area contributed by atoms with Gasteiger partial charge < -0.3 is 4.42 Å². The molecule has 0 aliphatic carbocycles. The summed E-state index contributed by atoms with van der Waals surface area (Å²) in [5.41, 5.74) is 3.15. The van der Waals surface area contributed by atoms with E-state index in [2.05, 4.69) is 5.43 Å². The van der Waals surface area contributed by atoms with Gasteiger partial charge in [-0.15, -0.1) is 0 Å². The number of hydrogen-bond donors (Lipinski definition) is 2. The predicted octanol–water partition coefficient (Wildman–Crippen LogP) is 3.38. The molecule has 0 amide bonds. The molecule has 0 fully saturated rings. The Morgan fingerprint density at radius 3 is 2.79 bits per heavy atom. The van der Waals surface area contributed by atoms with Gasteiger partial charge >= 0.3 is 0 Å². The highest BCUT2D eigenvalue weighted by molar-refractivity contribution is 6.30. The van der Waals surface area contributed by atoms with Gasteiger partial charge in [0.1, 0.15) is 17.3 Å². The van der Waals surface area contributed by atoms with Crippen molar-refractivity contribution in [2.24, 2.45) is 5.84 Å². The van der Waals surface area contributed by atoms with Crippen molar-refractivity contribution in [3.63, 3.8) is 0 Å². The van der Waals surface area contributed by atoms with Gasteiger partial charge in [-0.2, -0.15) is 0 Å². The molecular formula is C14H16ClFN2O. The van der Waals surface area contributed by atoms with Crippen molar-refractivity contribution >= 4 is 11.6 Å². The van der Waals surface area contributed by atoms with E-state index in [0.717, 1.165) is 12.2 Å². The highest BCUT2D eigenvalue weighted by Crippen LogP contribution is 2.23. The SMILES string of the molecule is CCc1ccc(C(Cc2cc(Cl)ccc2F)NN)o1. The smallest absolute Gasteiger partial charge is 0.126 e. The molecule has 0 spiro atoms. The summed E-state index contributed by atoms with van der Waals surface area (Å²) in [7, 11) is 0. The molecular weight excluding hydrogens is 267 g/mol. The maximum absolute atomic E-state index is 13.7. The molecule has 3 N–H and O–H groups in total. The van der Waals surface area contributed by atoms with Crippen LogP contribution in [0.15, 0.2) is 34.7 Å². The Balaban J connectivity index is 2.21. The van der Waals surface area contributed by atoms with Crippen LogP contribution >= 0.6 is 11.6 Å². The number of halogens is 2. The van der Waals surface area contributed by atoms with Crippen LogP contribution in [0, 0.1) is 5.82 Å². The van der Waals surface area contributed by atoms with Crippen LogP contribution in [0.4, 0.5) is 4.39 Å². The Hall–Kier alpha value is -1.36. The maximum Gasteiger partial charge on any atom is 0.126 e. The summed E-state index contributed by atoms with van der Waals surface area (Å²) in [5.74, 6) is 6.80. The van der Waals surface area contributed by atoms with Crippen LogP contribution in [0.5, 0.6) is 0 Å². The van der Waals surface area contributed by atoms with Crippen molar-refractivity contribution < 1.29 is 8.81 Å². The third-order valence-corrected chi connectivity index (χ3v) is 3.24. The molecule has 2 aromatic rings. The van der Waals surface area contributed by atoms with Crippen molar-refractivity contribution in [3.8, 4) is 0 Å². The van der Waals surface area contributed by atoms with Crippen LogP contribution in [-0.2, 0) is 12.8 Å². The van der Waals surface area contributed by atoms with E-state index < -0.39 is 0 Å². The van der Waals surface area contributed by atoms with Gasteiger partial charge in [-0.1, -0.05) is 18.5 Å². The van der Waals surface area contributed by atoms with Gasteiger partial charge in [0.2, 0.25) is 0 Å². The van der Waals surface area contributed by atoms with Gasteiger partial charge in [0.05, 0.1) is 6.04 Å². The van der Waals surface area contributed by atoms with E-state index in [9.17, 15) is 4.39 Å². The summed E-state index contributed by atoms with van der Waals surface area (Å²) >= 11 is 5.87. The fourth-order valence-corrected chi connectivity index (χ4v) is 2.13. The third kappa shape index (κ3) is 3.35. The summed E-state index contributed by atoms with van der Waals surface area (Å²) in [4.78, 5) is 0. The molecule has 0 aliphatic heterocycles. The number of nitrogens with one attached hydrogen (secondary N) is 1. The number of hydrogen-bond acceptors (Lipinski definition) is 3. The summed E-state index contributed by atoms with van der Waals surface area (Å²) in [5, 5.41) is 0.501. The Morgan fingerprint density at radius 2 is 2.16 bits per heavy atom. The minimum absolute atomic E-state index is 0.284. The molecule has 0 saturated carbocycles. The summed E-state index contributed by atoms with van der Waals surface area (Å²) in [6.45, 7) is 2.00. The summed E-state index contributed by atoms with van der Waals surface area (Å²) in [6.07, 6.45) is 1.18. The lowest BCUT2D eigenvalue weighted by molar-refractivity contribution is 0.393. The van der Waals surface area contributed by atoms with Crippen molar-refractivity contribution in [2.45, 2.75) is 25.8 Å². The van der Waals surface area contributed by atoms with Gasteiger partial charge in [-0.05, 0) is 42.3 Å². The molecule has 5 heteroatoms. The van der Waals surface area contributed by atoms with Crippen LogP contribution in [0.2, 0.25) is 5.02 Å². The van der Waals surface area contributed by atoms with E-state index >= 15 is 0 Å². The van der Waals surface area contributed by atoms with Crippen LogP contribution in [0.25, 0.3) is 0 Å². The topological polar surface area (TPSA) is 51.2 Å². The second-order valence-electron chi connectivity index (χ2n) is 4.32. The minimum Gasteiger partial charge on any atom is -0.464 e. The molecule has 1 aromatic heterocycles. The molecule has 1 heterocycles. The number of hydrazine groups is 1. The van der Waals surface area contributed by atoms with Crippen molar-refractivity contribution in [3.05, 3.63) is 58.3 Å². The summed E-state index contributed by atoms with van der Waals surface area (Å²) < 4.78 is 19.3. The predicted molar refractivity (Wildman–Crippen MR) is 73.3 cm³/mol. The Bertz CT molecular complexity index is 556. The van der Waals surface area contributed by atoms with Gasteiger partial charge in [0.15, 0.2) is 0 Å². The Morgan fingerprint density at radius 1 is 1.37 bits per heavy atom. The average Bonchev–Trinajstić information content (AvgIpc) is 2.88. The van der Waals surface area contributed by atoms with Gasteiger partial charge in [-0.25, -0.2) is 9.82 Å². The van der Waals surface area contributed by atoms with Crippen molar-refractivity contribution in [2.75, 3.05) is 0 Å². The second kappa shape index (κ2) is 6.19. The zero-order chi connectivity index (χ0) is 13.8. The zero-order valence-corrected chi connectivity index (χ0v) is 11.4. The van der Waals surface area contributed by atoms with E-state index in [1.165, 1.54) is 12.1 Å². The lowest BCUT2D eigenvalue weighted by Crippen LogP contribution is -2.29. The van der Waals surface area contributed by atoms with Crippen molar-refractivity contribution in [1.82, 2.24) is 5.43 Å². The monoisotopic (exact) mass is 282 g/mol. The third-order valence-electron chi connectivity index (χ3n) is 3.01. The number of nitrogens with two attached hydrogens (primary N) is 1. The van der Waals surface area contributed by atoms with E-state index in [1.807, 2.05) is 19.1 Å². The molecule has 102 valence electrons. The number of furan rings is 1. The molecule has 0 saturated heterocycles. The standard InChI is InChI=1S/C14H16ClFN2O/c1-2-11-4-6-14(19-11)13(18-17)8-9-7-10(15)3-5-12(9)16/h3-7,13,18H,2,8,17H2,1H3. The fourth-order valence-electron chi connectivity index (χ4n) is 1.93. The van der Waals surface area contributed by atoms with E-state index in [1.54, 1.807) is 6.07 Å². The average molecular weight is 283 g/mol.